The Hall–Kier alpha value is -0.120. The topological polar surface area (TPSA) is 38.5 Å². The Morgan fingerprint density at radius 2 is 2.17 bits per heavy atom. The lowest BCUT2D eigenvalue weighted by Gasteiger charge is -2.43. The molecule has 1 aliphatic heterocycles. The second kappa shape index (κ2) is 3.73. The summed E-state index contributed by atoms with van der Waals surface area (Å²) in [5.74, 6) is 0. The Morgan fingerprint density at radius 1 is 1.50 bits per heavy atom. The van der Waals surface area contributed by atoms with Crippen LogP contribution in [-0.4, -0.2) is 42.8 Å². The van der Waals surface area contributed by atoms with Crippen LogP contribution in [0.5, 0.6) is 0 Å². The summed E-state index contributed by atoms with van der Waals surface area (Å²) in [7, 11) is 0. The van der Waals surface area contributed by atoms with Gasteiger partial charge in [0, 0.05) is 24.7 Å². The molecule has 3 heteroatoms. The molecule has 1 saturated heterocycles. The number of morpholine rings is 1. The first-order chi connectivity index (χ1) is 5.55. The molecule has 0 aromatic rings. The van der Waals surface area contributed by atoms with E-state index in [0.29, 0.717) is 12.6 Å². The van der Waals surface area contributed by atoms with Gasteiger partial charge in [-0.05, 0) is 20.8 Å². The summed E-state index contributed by atoms with van der Waals surface area (Å²) in [6.45, 7) is 9.99. The number of nitrogens with zero attached hydrogens (tertiary/aromatic N) is 1. The Morgan fingerprint density at radius 3 is 2.58 bits per heavy atom. The molecule has 72 valence electrons. The molecule has 1 rings (SSSR count). The molecule has 0 aromatic carbocycles. The highest BCUT2D eigenvalue weighted by atomic mass is 16.5. The van der Waals surface area contributed by atoms with Gasteiger partial charge in [-0.3, -0.25) is 4.90 Å². The van der Waals surface area contributed by atoms with Crippen LogP contribution in [0.3, 0.4) is 0 Å². The quantitative estimate of drug-likeness (QED) is 0.624. The summed E-state index contributed by atoms with van der Waals surface area (Å²) in [4.78, 5) is 2.43. The van der Waals surface area contributed by atoms with Crippen LogP contribution in [0.2, 0.25) is 0 Å². The molecule has 0 aromatic heterocycles. The molecule has 1 aliphatic rings. The van der Waals surface area contributed by atoms with Gasteiger partial charge in [-0.25, -0.2) is 0 Å². The number of hydrogen-bond acceptors (Lipinski definition) is 3. The second-order valence-electron chi connectivity index (χ2n) is 4.33. The third-order valence-electron chi connectivity index (χ3n) is 2.36. The van der Waals surface area contributed by atoms with Crippen molar-refractivity contribution < 1.29 is 4.74 Å². The van der Waals surface area contributed by atoms with Crippen LogP contribution >= 0.6 is 0 Å². The third-order valence-corrected chi connectivity index (χ3v) is 2.36. The normalized spacial score (nSPS) is 27.5. The van der Waals surface area contributed by atoms with Crippen molar-refractivity contribution in [3.8, 4) is 0 Å². The SMILES string of the molecule is CC(C)(C)N1CCOCC1CN. The average Bonchev–Trinajstić information content (AvgIpc) is 2.03. The number of ether oxygens (including phenoxy) is 1. The molecule has 3 nitrogen and oxygen atoms in total. The maximum Gasteiger partial charge on any atom is 0.0635 e. The van der Waals surface area contributed by atoms with Crippen molar-refractivity contribution in [3.63, 3.8) is 0 Å². The van der Waals surface area contributed by atoms with Gasteiger partial charge >= 0.3 is 0 Å². The largest absolute Gasteiger partial charge is 0.378 e. The van der Waals surface area contributed by atoms with E-state index in [1.54, 1.807) is 0 Å². The molecule has 12 heavy (non-hydrogen) atoms. The van der Waals surface area contributed by atoms with Gasteiger partial charge in [-0.15, -0.1) is 0 Å². The van der Waals surface area contributed by atoms with Gasteiger partial charge in [-0.1, -0.05) is 0 Å². The van der Waals surface area contributed by atoms with E-state index >= 15 is 0 Å². The fourth-order valence-electron chi connectivity index (χ4n) is 1.73. The lowest BCUT2D eigenvalue weighted by molar-refractivity contribution is -0.0454. The molecule has 2 N–H and O–H groups in total. The fourth-order valence-corrected chi connectivity index (χ4v) is 1.73. The zero-order chi connectivity index (χ0) is 9.19. The minimum Gasteiger partial charge on any atom is -0.378 e. The van der Waals surface area contributed by atoms with Crippen LogP contribution in [0.4, 0.5) is 0 Å². The molecule has 0 radical (unpaired) electrons. The average molecular weight is 172 g/mol. The van der Waals surface area contributed by atoms with Crippen molar-refractivity contribution in [3.05, 3.63) is 0 Å². The van der Waals surface area contributed by atoms with Crippen molar-refractivity contribution in [1.29, 1.82) is 0 Å². The Labute approximate surface area is 74.9 Å². The highest BCUT2D eigenvalue weighted by Gasteiger charge is 2.30. The van der Waals surface area contributed by atoms with Crippen LogP contribution < -0.4 is 5.73 Å². The minimum atomic E-state index is 0.216. The van der Waals surface area contributed by atoms with Crippen LogP contribution in [0, 0.1) is 0 Å². The zero-order valence-corrected chi connectivity index (χ0v) is 8.34. The maximum absolute atomic E-state index is 5.67. The molecule has 0 amide bonds. The lowest BCUT2D eigenvalue weighted by atomic mass is 10.0. The van der Waals surface area contributed by atoms with Crippen LogP contribution in [0.15, 0.2) is 0 Å². The predicted octanol–water partition coefficient (Wildman–Crippen LogP) is 0.444. The predicted molar refractivity (Wildman–Crippen MR) is 50.1 cm³/mol. The molecule has 1 unspecified atom stereocenters. The van der Waals surface area contributed by atoms with Gasteiger partial charge in [0.05, 0.1) is 13.2 Å². The molecular formula is C9H20N2O. The van der Waals surface area contributed by atoms with Crippen molar-refractivity contribution in [2.24, 2.45) is 5.73 Å². The van der Waals surface area contributed by atoms with Gasteiger partial charge in [0.1, 0.15) is 0 Å². The highest BCUT2D eigenvalue weighted by Crippen LogP contribution is 2.18. The van der Waals surface area contributed by atoms with E-state index in [1.807, 2.05) is 0 Å². The number of hydrogen-bond donors (Lipinski definition) is 1. The van der Waals surface area contributed by atoms with Gasteiger partial charge in [0.25, 0.3) is 0 Å². The van der Waals surface area contributed by atoms with E-state index in [2.05, 4.69) is 25.7 Å². The van der Waals surface area contributed by atoms with E-state index in [1.165, 1.54) is 0 Å². The summed E-state index contributed by atoms with van der Waals surface area (Å²) in [6.07, 6.45) is 0. The van der Waals surface area contributed by atoms with Crippen LogP contribution in [0.25, 0.3) is 0 Å². The molecule has 0 saturated carbocycles. The maximum atomic E-state index is 5.67. The first-order valence-corrected chi connectivity index (χ1v) is 4.60. The number of nitrogens with two attached hydrogens (primary N) is 1. The van der Waals surface area contributed by atoms with Crippen molar-refractivity contribution in [2.45, 2.75) is 32.4 Å². The molecule has 1 atom stereocenters. The lowest BCUT2D eigenvalue weighted by Crippen LogP contribution is -2.56. The molecule has 0 bridgehead atoms. The molecular weight excluding hydrogens is 152 g/mol. The number of rotatable bonds is 1. The standard InChI is InChI=1S/C9H20N2O/c1-9(2,3)11-4-5-12-7-8(11)6-10/h8H,4-7,10H2,1-3H3. The molecule has 1 heterocycles. The Bertz CT molecular complexity index is 142. The first-order valence-electron chi connectivity index (χ1n) is 4.60. The fraction of sp³-hybridized carbons (Fsp3) is 1.00. The smallest absolute Gasteiger partial charge is 0.0635 e. The third kappa shape index (κ3) is 2.19. The Balaban J connectivity index is 2.59. The first kappa shape index (κ1) is 9.96. The van der Waals surface area contributed by atoms with Crippen molar-refractivity contribution in [1.82, 2.24) is 4.90 Å². The van der Waals surface area contributed by atoms with Gasteiger partial charge in [-0.2, -0.15) is 0 Å². The highest BCUT2D eigenvalue weighted by molar-refractivity contribution is 4.85. The van der Waals surface area contributed by atoms with Crippen molar-refractivity contribution in [2.75, 3.05) is 26.3 Å². The van der Waals surface area contributed by atoms with Crippen LogP contribution in [-0.2, 0) is 4.74 Å². The van der Waals surface area contributed by atoms with E-state index in [0.717, 1.165) is 19.8 Å². The zero-order valence-electron chi connectivity index (χ0n) is 8.34. The summed E-state index contributed by atoms with van der Waals surface area (Å²) < 4.78 is 5.38. The van der Waals surface area contributed by atoms with Gasteiger partial charge < -0.3 is 10.5 Å². The molecule has 1 fully saturated rings. The van der Waals surface area contributed by atoms with E-state index in [-0.39, 0.29) is 5.54 Å². The van der Waals surface area contributed by atoms with Gasteiger partial charge in [0.15, 0.2) is 0 Å². The minimum absolute atomic E-state index is 0.216. The monoisotopic (exact) mass is 172 g/mol. The van der Waals surface area contributed by atoms with Crippen molar-refractivity contribution >= 4 is 0 Å². The molecule has 0 aliphatic carbocycles. The van der Waals surface area contributed by atoms with Crippen LogP contribution in [0.1, 0.15) is 20.8 Å². The summed E-state index contributed by atoms with van der Waals surface area (Å²) in [5, 5.41) is 0. The summed E-state index contributed by atoms with van der Waals surface area (Å²) in [5.41, 5.74) is 5.88. The van der Waals surface area contributed by atoms with E-state index < -0.39 is 0 Å². The summed E-state index contributed by atoms with van der Waals surface area (Å²) in [6, 6.07) is 0.402. The van der Waals surface area contributed by atoms with E-state index in [4.69, 9.17) is 10.5 Å². The van der Waals surface area contributed by atoms with Gasteiger partial charge in [0.2, 0.25) is 0 Å². The van der Waals surface area contributed by atoms with E-state index in [9.17, 15) is 0 Å². The molecule has 0 spiro atoms. The second-order valence-corrected chi connectivity index (χ2v) is 4.33. The Kier molecular flexibility index (Phi) is 3.09. The summed E-state index contributed by atoms with van der Waals surface area (Å²) >= 11 is 0.